The van der Waals surface area contributed by atoms with E-state index in [4.69, 9.17) is 0 Å². The summed E-state index contributed by atoms with van der Waals surface area (Å²) in [4.78, 5) is 0. The third-order valence-electron chi connectivity index (χ3n) is 0.167. The molecule has 32 valence electrons. The van der Waals surface area contributed by atoms with Gasteiger partial charge in [-0.1, -0.05) is 6.58 Å². The van der Waals surface area contributed by atoms with Gasteiger partial charge in [0.15, 0.2) is 0 Å². The summed E-state index contributed by atoms with van der Waals surface area (Å²) in [7, 11) is 1.56. The molecule has 5 heavy (non-hydrogen) atoms. The minimum atomic E-state index is 0. The predicted octanol–water partition coefficient (Wildman–Crippen LogP) is -0.140. The van der Waals surface area contributed by atoms with E-state index in [0.29, 0.717) is 0 Å². The van der Waals surface area contributed by atoms with Gasteiger partial charge in [0.2, 0.25) is 0 Å². The first kappa shape index (κ1) is 9.06. The monoisotopic (exact) mass is 269 g/mol. The van der Waals surface area contributed by atoms with Gasteiger partial charge < -0.3 is 4.74 Å². The summed E-state index contributed by atoms with van der Waals surface area (Å²) < 4.78 is 4.31. The molecule has 0 aliphatic heterocycles. The summed E-state index contributed by atoms with van der Waals surface area (Å²) in [6, 6.07) is 0. The molecule has 0 saturated heterocycles. The molecule has 0 aromatic heterocycles. The molecular formula is C3H8OPo. The Labute approximate surface area is 51.5 Å². The summed E-state index contributed by atoms with van der Waals surface area (Å²) >= 11 is 0. The van der Waals surface area contributed by atoms with E-state index < -0.39 is 0 Å². The fourth-order valence-corrected chi connectivity index (χ4v) is 0. The van der Waals surface area contributed by atoms with Crippen LogP contribution in [0.25, 0.3) is 0 Å². The van der Waals surface area contributed by atoms with Gasteiger partial charge >= 0.3 is 26.6 Å². The molecule has 0 saturated carbocycles. The zero-order valence-electron chi connectivity index (χ0n) is 3.19. The summed E-state index contributed by atoms with van der Waals surface area (Å²) in [6.07, 6.45) is 1.38. The molecule has 0 heterocycles. The molecule has 0 atom stereocenters. The SMILES string of the molecule is C=COC.[PoH2]. The van der Waals surface area contributed by atoms with Gasteiger partial charge in [-0.05, 0) is 0 Å². The molecule has 0 spiro atoms. The molecule has 0 amide bonds. The Morgan fingerprint density at radius 2 is 2.00 bits per heavy atom. The van der Waals surface area contributed by atoms with Crippen molar-refractivity contribution in [3.05, 3.63) is 12.8 Å². The molecule has 2 heteroatoms. The van der Waals surface area contributed by atoms with Crippen molar-refractivity contribution in [3.63, 3.8) is 0 Å². The predicted molar refractivity (Wildman–Crippen MR) is 25.7 cm³/mol. The summed E-state index contributed by atoms with van der Waals surface area (Å²) in [6.45, 7) is 3.26. The molecule has 0 N–H and O–H groups in total. The average Bonchev–Trinajstić information content (AvgIpc) is 1.37. The Kier molecular flexibility index (Phi) is 16.0. The van der Waals surface area contributed by atoms with Gasteiger partial charge in [0, 0.05) is 0 Å². The van der Waals surface area contributed by atoms with Crippen molar-refractivity contribution >= 4 is 26.6 Å². The summed E-state index contributed by atoms with van der Waals surface area (Å²) in [5.41, 5.74) is 0. The summed E-state index contributed by atoms with van der Waals surface area (Å²) in [5, 5.41) is 0. The van der Waals surface area contributed by atoms with Crippen molar-refractivity contribution in [2.24, 2.45) is 0 Å². The van der Waals surface area contributed by atoms with Gasteiger partial charge in [-0.15, -0.1) is 0 Å². The van der Waals surface area contributed by atoms with Crippen LogP contribution < -0.4 is 0 Å². The van der Waals surface area contributed by atoms with Crippen molar-refractivity contribution in [2.45, 2.75) is 0 Å². The maximum atomic E-state index is 4.31. The van der Waals surface area contributed by atoms with Crippen LogP contribution >= 0.6 is 0 Å². The van der Waals surface area contributed by atoms with Crippen molar-refractivity contribution in [2.75, 3.05) is 7.11 Å². The molecule has 0 bridgehead atoms. The number of ether oxygens (including phenoxy) is 1. The Morgan fingerprint density at radius 3 is 2.00 bits per heavy atom. The van der Waals surface area contributed by atoms with Gasteiger partial charge in [0.1, 0.15) is 0 Å². The molecule has 0 aliphatic rings. The Bertz CT molecular complexity index is 20.9. The molecule has 0 unspecified atom stereocenters. The van der Waals surface area contributed by atoms with Crippen molar-refractivity contribution in [3.8, 4) is 0 Å². The van der Waals surface area contributed by atoms with Gasteiger partial charge in [-0.3, -0.25) is 0 Å². The fraction of sp³-hybridized carbons (Fsp3) is 0.333. The van der Waals surface area contributed by atoms with Crippen LogP contribution in [-0.4, -0.2) is 33.7 Å². The van der Waals surface area contributed by atoms with Gasteiger partial charge in [-0.2, -0.15) is 0 Å². The number of rotatable bonds is 1. The van der Waals surface area contributed by atoms with E-state index >= 15 is 0 Å². The molecule has 0 aliphatic carbocycles. The van der Waals surface area contributed by atoms with Gasteiger partial charge in [-0.25, -0.2) is 0 Å². The Balaban J connectivity index is 0. The first-order valence-corrected chi connectivity index (χ1v) is 1.05. The molecule has 0 radical (unpaired) electrons. The average molecular weight is 269 g/mol. The Hall–Kier alpha value is 0.436. The van der Waals surface area contributed by atoms with Crippen molar-refractivity contribution in [1.82, 2.24) is 0 Å². The third kappa shape index (κ3) is 12.8. The zero-order chi connectivity index (χ0) is 3.41. The second kappa shape index (κ2) is 8.83. The zero-order valence-corrected chi connectivity index (χ0v) is 7.08. The molecular weight excluding hydrogens is 261 g/mol. The normalized spacial score (nSPS) is 4.20. The number of methoxy groups -OCH3 is 1. The van der Waals surface area contributed by atoms with E-state index in [-0.39, 0.29) is 26.6 Å². The van der Waals surface area contributed by atoms with Crippen LogP contribution in [0.4, 0.5) is 0 Å². The third-order valence-corrected chi connectivity index (χ3v) is 0.167. The first-order valence-electron chi connectivity index (χ1n) is 1.05. The first-order chi connectivity index (χ1) is 1.91. The fourth-order valence-electron chi connectivity index (χ4n) is 0. The van der Waals surface area contributed by atoms with E-state index in [1.54, 1.807) is 7.11 Å². The van der Waals surface area contributed by atoms with Crippen LogP contribution in [0.5, 0.6) is 0 Å². The molecule has 0 fully saturated rings. The summed E-state index contributed by atoms with van der Waals surface area (Å²) in [5.74, 6) is 0. The van der Waals surface area contributed by atoms with E-state index in [1.165, 1.54) is 6.26 Å². The Morgan fingerprint density at radius 1 is 1.80 bits per heavy atom. The van der Waals surface area contributed by atoms with E-state index in [2.05, 4.69) is 11.3 Å². The van der Waals surface area contributed by atoms with Crippen LogP contribution in [0.15, 0.2) is 12.8 Å². The van der Waals surface area contributed by atoms with Crippen LogP contribution in [-0.2, 0) is 4.74 Å². The second-order valence-corrected chi connectivity index (χ2v) is 0.402. The van der Waals surface area contributed by atoms with Crippen molar-refractivity contribution in [1.29, 1.82) is 0 Å². The molecule has 0 aromatic carbocycles. The van der Waals surface area contributed by atoms with E-state index in [1.807, 2.05) is 0 Å². The van der Waals surface area contributed by atoms with Crippen molar-refractivity contribution < 1.29 is 4.74 Å². The van der Waals surface area contributed by atoms with E-state index in [0.717, 1.165) is 0 Å². The van der Waals surface area contributed by atoms with Crippen LogP contribution in [0.3, 0.4) is 0 Å². The topological polar surface area (TPSA) is 9.23 Å². The standard InChI is InChI=1S/C3H6O.Po.2H/c1-3-4-2;;;/h3H,1H2,2H3;;;. The van der Waals surface area contributed by atoms with E-state index in [9.17, 15) is 0 Å². The molecule has 0 rings (SSSR count). The molecule has 0 aromatic rings. The van der Waals surface area contributed by atoms with Gasteiger partial charge in [0.25, 0.3) is 0 Å². The second-order valence-electron chi connectivity index (χ2n) is 0.402. The van der Waals surface area contributed by atoms with Crippen LogP contribution in [0.2, 0.25) is 0 Å². The van der Waals surface area contributed by atoms with Gasteiger partial charge in [0.05, 0.1) is 13.4 Å². The van der Waals surface area contributed by atoms with Crippen LogP contribution in [0.1, 0.15) is 0 Å². The maximum absolute atomic E-state index is 4.31. The number of hydrogen-bond donors (Lipinski definition) is 0. The quantitative estimate of drug-likeness (QED) is 0.602. The number of hydrogen-bond acceptors (Lipinski definition) is 1. The molecule has 1 nitrogen and oxygen atoms in total. The van der Waals surface area contributed by atoms with Crippen LogP contribution in [0, 0.1) is 0 Å². The minimum absolute atomic E-state index is 0.